The van der Waals surface area contributed by atoms with Gasteiger partial charge in [0.25, 0.3) is 0 Å². The second kappa shape index (κ2) is 8.85. The van der Waals surface area contributed by atoms with Crippen molar-refractivity contribution >= 4 is 42.5 Å². The average Bonchev–Trinajstić information content (AvgIpc) is 0.918. The van der Waals surface area contributed by atoms with E-state index in [1.807, 2.05) is 0 Å². The van der Waals surface area contributed by atoms with Gasteiger partial charge in [-0.3, -0.25) is 0 Å². The standard InChI is InChI=1S/CH3OS.Na.H/c1-2-3;;/h3H,1H2;;. The summed E-state index contributed by atoms with van der Waals surface area (Å²) in [6.45, 7) is 0. The fourth-order valence-electron chi connectivity index (χ4n) is 0. The molecular formula is CH4NaOS. The van der Waals surface area contributed by atoms with Crippen LogP contribution in [0.4, 0.5) is 0 Å². The Kier molecular flexibility index (Phi) is 19.9. The van der Waals surface area contributed by atoms with E-state index in [2.05, 4.69) is 24.2 Å². The maximum absolute atomic E-state index is 3.69. The van der Waals surface area contributed by atoms with Crippen LogP contribution >= 0.6 is 12.9 Å². The Labute approximate surface area is 53.6 Å². The summed E-state index contributed by atoms with van der Waals surface area (Å²) in [6.07, 6.45) is 0. The molecular weight excluding hydrogens is 83.1 g/mol. The van der Waals surface area contributed by atoms with Gasteiger partial charge in [0.1, 0.15) is 0 Å². The molecule has 0 atom stereocenters. The summed E-state index contributed by atoms with van der Waals surface area (Å²) in [5, 5.41) is 0. The molecule has 3 heteroatoms. The molecule has 0 aliphatic carbocycles. The van der Waals surface area contributed by atoms with Crippen molar-refractivity contribution in [1.82, 2.24) is 0 Å². The third-order valence-corrected chi connectivity index (χ3v) is 0. The van der Waals surface area contributed by atoms with Gasteiger partial charge in [-0.2, -0.15) is 0 Å². The van der Waals surface area contributed by atoms with Gasteiger partial charge in [0.05, 0.1) is 7.11 Å². The first kappa shape index (κ1) is 9.00. The van der Waals surface area contributed by atoms with Gasteiger partial charge in [-0.25, -0.2) is 0 Å². The van der Waals surface area contributed by atoms with E-state index in [1.54, 1.807) is 0 Å². The first-order valence-electron chi connectivity index (χ1n) is 0.471. The molecule has 0 unspecified atom stereocenters. The van der Waals surface area contributed by atoms with E-state index in [-0.39, 0.29) is 29.6 Å². The van der Waals surface area contributed by atoms with Crippen LogP contribution in [-0.4, -0.2) is 29.6 Å². The second-order valence-corrected chi connectivity index (χ2v) is 0.387. The normalized spacial score (nSPS) is 4.50. The third kappa shape index (κ3) is 10.3. The predicted octanol–water partition coefficient (Wildman–Crippen LogP) is -0.00911. The van der Waals surface area contributed by atoms with Crippen molar-refractivity contribution in [2.45, 2.75) is 0 Å². The van der Waals surface area contributed by atoms with Crippen LogP contribution in [0.25, 0.3) is 0 Å². The molecule has 0 rings (SSSR count). The van der Waals surface area contributed by atoms with Gasteiger partial charge in [-0.1, -0.05) is 0 Å². The summed E-state index contributed by atoms with van der Waals surface area (Å²) in [6, 6.07) is 0. The van der Waals surface area contributed by atoms with Gasteiger partial charge in [-0.15, -0.1) is 0 Å². The zero-order valence-electron chi connectivity index (χ0n) is 1.56. The molecule has 0 spiro atoms. The van der Waals surface area contributed by atoms with Crippen molar-refractivity contribution in [2.24, 2.45) is 0 Å². The molecule has 0 N–H and O–H groups in total. The summed E-state index contributed by atoms with van der Waals surface area (Å²) >= 11 is 3.18. The molecule has 0 amide bonds. The summed E-state index contributed by atoms with van der Waals surface area (Å²) in [5.41, 5.74) is 0. The van der Waals surface area contributed by atoms with Gasteiger partial charge < -0.3 is 4.18 Å². The zero-order chi connectivity index (χ0) is 2.71. The van der Waals surface area contributed by atoms with Crippen molar-refractivity contribution in [2.75, 3.05) is 0 Å². The topological polar surface area (TPSA) is 9.23 Å². The molecule has 0 saturated heterocycles. The molecule has 0 heterocycles. The summed E-state index contributed by atoms with van der Waals surface area (Å²) < 4.78 is 3.69. The van der Waals surface area contributed by atoms with Gasteiger partial charge in [0.2, 0.25) is 0 Å². The van der Waals surface area contributed by atoms with Crippen molar-refractivity contribution < 1.29 is 4.18 Å². The number of hydrogen-bond donors (Lipinski definition) is 1. The van der Waals surface area contributed by atoms with Gasteiger partial charge >= 0.3 is 29.6 Å². The first-order chi connectivity index (χ1) is 1.41. The minimum atomic E-state index is 0. The average molecular weight is 87.1 g/mol. The van der Waals surface area contributed by atoms with Crippen LogP contribution in [0.15, 0.2) is 0 Å². The molecule has 0 aromatic heterocycles. The van der Waals surface area contributed by atoms with Crippen LogP contribution in [0.1, 0.15) is 0 Å². The van der Waals surface area contributed by atoms with Crippen LogP contribution in [0, 0.1) is 7.11 Å². The Balaban J connectivity index is 0. The predicted molar refractivity (Wildman–Crippen MR) is 22.6 cm³/mol. The van der Waals surface area contributed by atoms with E-state index >= 15 is 0 Å². The van der Waals surface area contributed by atoms with E-state index < -0.39 is 0 Å². The Hall–Kier alpha value is 1.31. The van der Waals surface area contributed by atoms with Gasteiger partial charge in [-0.05, 0) is 12.9 Å². The molecule has 0 aliphatic rings. The summed E-state index contributed by atoms with van der Waals surface area (Å²) in [4.78, 5) is 0. The SMILES string of the molecule is [CH2]OS.[NaH]. The molecule has 0 saturated carbocycles. The van der Waals surface area contributed by atoms with Crippen LogP contribution in [0.5, 0.6) is 0 Å². The Morgan fingerprint density at radius 2 is 1.75 bits per heavy atom. The van der Waals surface area contributed by atoms with Crippen molar-refractivity contribution in [3.8, 4) is 0 Å². The summed E-state index contributed by atoms with van der Waals surface area (Å²) in [7, 11) is 2.85. The Morgan fingerprint density at radius 1 is 1.75 bits per heavy atom. The minimum absolute atomic E-state index is 0. The van der Waals surface area contributed by atoms with E-state index in [4.69, 9.17) is 0 Å². The molecule has 4 heavy (non-hydrogen) atoms. The second-order valence-electron chi connectivity index (χ2n) is 0.129. The molecule has 1 radical (unpaired) electrons. The number of thiol groups is 1. The molecule has 0 aromatic rings. The fourth-order valence-corrected chi connectivity index (χ4v) is 0. The molecule has 0 bridgehead atoms. The van der Waals surface area contributed by atoms with E-state index in [9.17, 15) is 0 Å². The Morgan fingerprint density at radius 3 is 1.75 bits per heavy atom. The van der Waals surface area contributed by atoms with E-state index in [0.717, 1.165) is 0 Å². The van der Waals surface area contributed by atoms with Crippen LogP contribution in [-0.2, 0) is 4.18 Å². The van der Waals surface area contributed by atoms with E-state index in [0.29, 0.717) is 0 Å². The van der Waals surface area contributed by atoms with Crippen LogP contribution in [0.3, 0.4) is 0 Å². The number of rotatable bonds is 0. The quantitative estimate of drug-likeness (QED) is 0.248. The van der Waals surface area contributed by atoms with Crippen molar-refractivity contribution in [3.63, 3.8) is 0 Å². The van der Waals surface area contributed by atoms with Gasteiger partial charge in [0.15, 0.2) is 0 Å². The first-order valence-corrected chi connectivity index (χ1v) is 0.836. The number of hydrogen-bond acceptors (Lipinski definition) is 2. The molecule has 21 valence electrons. The van der Waals surface area contributed by atoms with Gasteiger partial charge in [0, 0.05) is 0 Å². The summed E-state index contributed by atoms with van der Waals surface area (Å²) in [5.74, 6) is 0. The van der Waals surface area contributed by atoms with Crippen LogP contribution < -0.4 is 0 Å². The van der Waals surface area contributed by atoms with Crippen LogP contribution in [0.2, 0.25) is 0 Å². The molecule has 1 nitrogen and oxygen atoms in total. The Bertz CT molecular complexity index is 8.00. The maximum atomic E-state index is 3.69. The van der Waals surface area contributed by atoms with Crippen molar-refractivity contribution in [1.29, 1.82) is 0 Å². The monoisotopic (exact) mass is 87.0 g/mol. The zero-order valence-corrected chi connectivity index (χ0v) is 2.46. The molecule has 0 fully saturated rings. The van der Waals surface area contributed by atoms with E-state index in [1.165, 1.54) is 0 Å². The van der Waals surface area contributed by atoms with Crippen molar-refractivity contribution in [3.05, 3.63) is 7.11 Å². The fraction of sp³-hybridized carbons (Fsp3) is 0. The molecule has 0 aromatic carbocycles. The third-order valence-electron chi connectivity index (χ3n) is 0. The molecule has 0 aliphatic heterocycles.